The average Bonchev–Trinajstić information content (AvgIpc) is 2.58. The molecule has 1 aromatic carbocycles. The molecule has 1 aromatic rings. The number of urea groups is 1. The van der Waals surface area contributed by atoms with Gasteiger partial charge < -0.3 is 20.2 Å². The molecule has 1 fully saturated rings. The number of piperidine rings is 1. The molecule has 0 unspecified atom stereocenters. The maximum atomic E-state index is 11.9. The number of para-hydroxylation sites is 1. The van der Waals surface area contributed by atoms with Crippen LogP contribution in [0.2, 0.25) is 0 Å². The van der Waals surface area contributed by atoms with Crippen molar-refractivity contribution in [2.75, 3.05) is 38.1 Å². The number of carboxylic acid groups (broad SMARTS) is 1. The molecule has 0 aromatic heterocycles. The van der Waals surface area contributed by atoms with Gasteiger partial charge in [-0.25, -0.2) is 4.79 Å². The van der Waals surface area contributed by atoms with Crippen LogP contribution < -0.4 is 10.2 Å². The van der Waals surface area contributed by atoms with E-state index in [0.29, 0.717) is 12.5 Å². The van der Waals surface area contributed by atoms with Crippen LogP contribution in [0.5, 0.6) is 0 Å². The van der Waals surface area contributed by atoms with Gasteiger partial charge in [0.05, 0.1) is 6.42 Å². The zero-order chi connectivity index (χ0) is 16.7. The summed E-state index contributed by atoms with van der Waals surface area (Å²) in [7, 11) is 1.62. The highest BCUT2D eigenvalue weighted by Gasteiger charge is 2.20. The normalized spacial score (nSPS) is 15.3. The average molecular weight is 319 g/mol. The smallest absolute Gasteiger partial charge is 0.317 e. The van der Waals surface area contributed by atoms with Gasteiger partial charge in [0.15, 0.2) is 0 Å². The molecule has 0 spiro atoms. The Morgan fingerprint density at radius 3 is 2.52 bits per heavy atom. The van der Waals surface area contributed by atoms with E-state index in [0.717, 1.165) is 25.9 Å². The number of carboxylic acids is 1. The lowest BCUT2D eigenvalue weighted by Gasteiger charge is -2.34. The van der Waals surface area contributed by atoms with Gasteiger partial charge in [-0.15, -0.1) is 0 Å². The fourth-order valence-corrected chi connectivity index (χ4v) is 2.77. The number of rotatable bonds is 6. The second kappa shape index (κ2) is 8.41. The van der Waals surface area contributed by atoms with Crippen LogP contribution in [0.3, 0.4) is 0 Å². The van der Waals surface area contributed by atoms with Crippen LogP contribution in [0.25, 0.3) is 0 Å². The molecule has 1 aliphatic rings. The summed E-state index contributed by atoms with van der Waals surface area (Å²) in [6.07, 6.45) is 2.07. The summed E-state index contributed by atoms with van der Waals surface area (Å²) >= 11 is 0. The molecule has 0 atom stereocenters. The fourth-order valence-electron chi connectivity index (χ4n) is 2.77. The topological polar surface area (TPSA) is 72.9 Å². The van der Waals surface area contributed by atoms with Crippen molar-refractivity contribution in [1.82, 2.24) is 10.2 Å². The van der Waals surface area contributed by atoms with Gasteiger partial charge in [-0.2, -0.15) is 0 Å². The summed E-state index contributed by atoms with van der Waals surface area (Å²) in [5.41, 5.74) is 1.25. The first-order valence-electron chi connectivity index (χ1n) is 8.07. The lowest BCUT2D eigenvalue weighted by Crippen LogP contribution is -2.43. The second-order valence-electron chi connectivity index (χ2n) is 6.02. The molecular formula is C17H25N3O3. The van der Waals surface area contributed by atoms with Gasteiger partial charge in [0, 0.05) is 38.9 Å². The van der Waals surface area contributed by atoms with E-state index in [1.807, 2.05) is 6.07 Å². The summed E-state index contributed by atoms with van der Waals surface area (Å²) < 4.78 is 0. The fraction of sp³-hybridized carbons (Fsp3) is 0.529. The van der Waals surface area contributed by atoms with E-state index in [2.05, 4.69) is 34.5 Å². The van der Waals surface area contributed by atoms with E-state index in [-0.39, 0.29) is 19.0 Å². The molecule has 0 aliphatic carbocycles. The predicted octanol–water partition coefficient (Wildman–Crippen LogP) is 2.02. The first-order chi connectivity index (χ1) is 11.1. The molecule has 1 saturated heterocycles. The highest BCUT2D eigenvalue weighted by atomic mass is 16.4. The third-order valence-electron chi connectivity index (χ3n) is 4.29. The summed E-state index contributed by atoms with van der Waals surface area (Å²) in [5.74, 6) is -0.412. The van der Waals surface area contributed by atoms with Gasteiger partial charge in [0.1, 0.15) is 0 Å². The van der Waals surface area contributed by atoms with E-state index < -0.39 is 5.97 Å². The summed E-state index contributed by atoms with van der Waals surface area (Å²) in [5, 5.41) is 11.5. The Labute approximate surface area is 137 Å². The first-order valence-corrected chi connectivity index (χ1v) is 8.07. The molecule has 2 amide bonds. The third kappa shape index (κ3) is 5.47. The standard InChI is InChI=1S/C17H25N3O3/c1-19(10-9-16(21)22)17(23)18-13-14-7-11-20(12-8-14)15-5-3-2-4-6-15/h2-6,14H,7-13H2,1H3,(H,18,23)(H,21,22). The van der Waals surface area contributed by atoms with Crippen molar-refractivity contribution in [3.8, 4) is 0 Å². The first kappa shape index (κ1) is 17.1. The van der Waals surface area contributed by atoms with Gasteiger partial charge in [-0.3, -0.25) is 4.79 Å². The van der Waals surface area contributed by atoms with Crippen molar-refractivity contribution in [2.24, 2.45) is 5.92 Å². The number of benzene rings is 1. The number of carbonyl (C=O) groups is 2. The van der Waals surface area contributed by atoms with Gasteiger partial charge in [-0.05, 0) is 30.9 Å². The Balaban J connectivity index is 1.68. The Kier molecular flexibility index (Phi) is 6.26. The molecule has 0 bridgehead atoms. The molecule has 6 heteroatoms. The summed E-state index contributed by atoms with van der Waals surface area (Å²) in [6.45, 7) is 2.88. The monoisotopic (exact) mass is 319 g/mol. The maximum Gasteiger partial charge on any atom is 0.317 e. The van der Waals surface area contributed by atoms with Crippen LogP contribution >= 0.6 is 0 Å². The molecule has 1 heterocycles. The van der Waals surface area contributed by atoms with Gasteiger partial charge >= 0.3 is 12.0 Å². The van der Waals surface area contributed by atoms with E-state index >= 15 is 0 Å². The van der Waals surface area contributed by atoms with E-state index in [1.54, 1.807) is 7.05 Å². The number of nitrogens with zero attached hydrogens (tertiary/aromatic N) is 2. The number of amides is 2. The molecule has 0 radical (unpaired) electrons. The van der Waals surface area contributed by atoms with Crippen LogP contribution in [0, 0.1) is 5.92 Å². The van der Waals surface area contributed by atoms with Crippen LogP contribution in [0.1, 0.15) is 19.3 Å². The summed E-state index contributed by atoms with van der Waals surface area (Å²) in [4.78, 5) is 26.2. The largest absolute Gasteiger partial charge is 0.481 e. The molecule has 1 aliphatic heterocycles. The van der Waals surface area contributed by atoms with Crippen LogP contribution in [0.4, 0.5) is 10.5 Å². The van der Waals surface area contributed by atoms with Gasteiger partial charge in [0.25, 0.3) is 0 Å². The quantitative estimate of drug-likeness (QED) is 0.841. The van der Waals surface area contributed by atoms with E-state index in [9.17, 15) is 9.59 Å². The molecule has 2 N–H and O–H groups in total. The van der Waals surface area contributed by atoms with Crippen LogP contribution in [0.15, 0.2) is 30.3 Å². The van der Waals surface area contributed by atoms with Gasteiger partial charge in [0.2, 0.25) is 0 Å². The highest BCUT2D eigenvalue weighted by molar-refractivity contribution is 5.75. The maximum absolute atomic E-state index is 11.9. The Morgan fingerprint density at radius 2 is 1.91 bits per heavy atom. The van der Waals surface area contributed by atoms with Crippen molar-refractivity contribution in [3.05, 3.63) is 30.3 Å². The van der Waals surface area contributed by atoms with Gasteiger partial charge in [-0.1, -0.05) is 18.2 Å². The third-order valence-corrected chi connectivity index (χ3v) is 4.29. The van der Waals surface area contributed by atoms with E-state index in [1.165, 1.54) is 10.6 Å². The molecule has 2 rings (SSSR count). The Hall–Kier alpha value is -2.24. The summed E-state index contributed by atoms with van der Waals surface area (Å²) in [6, 6.07) is 10.2. The van der Waals surface area contributed by atoms with Crippen LogP contribution in [-0.2, 0) is 4.79 Å². The lowest BCUT2D eigenvalue weighted by molar-refractivity contribution is -0.137. The molecule has 126 valence electrons. The van der Waals surface area contributed by atoms with Crippen molar-refractivity contribution in [1.29, 1.82) is 0 Å². The van der Waals surface area contributed by atoms with Crippen molar-refractivity contribution < 1.29 is 14.7 Å². The van der Waals surface area contributed by atoms with E-state index in [4.69, 9.17) is 5.11 Å². The lowest BCUT2D eigenvalue weighted by atomic mass is 9.96. The number of hydrogen-bond donors (Lipinski definition) is 2. The SMILES string of the molecule is CN(CCC(=O)O)C(=O)NCC1CCN(c2ccccc2)CC1. The Bertz CT molecular complexity index is 513. The van der Waals surface area contributed by atoms with Crippen molar-refractivity contribution >= 4 is 17.7 Å². The second-order valence-corrected chi connectivity index (χ2v) is 6.02. The molecule has 0 saturated carbocycles. The predicted molar refractivity (Wildman–Crippen MR) is 89.7 cm³/mol. The molecule has 23 heavy (non-hydrogen) atoms. The highest BCUT2D eigenvalue weighted by Crippen LogP contribution is 2.22. The molecular weight excluding hydrogens is 294 g/mol. The minimum absolute atomic E-state index is 0.0284. The number of aliphatic carboxylic acids is 1. The minimum Gasteiger partial charge on any atom is -0.481 e. The zero-order valence-electron chi connectivity index (χ0n) is 13.6. The van der Waals surface area contributed by atoms with Crippen LogP contribution in [-0.4, -0.2) is 55.2 Å². The number of carbonyl (C=O) groups excluding carboxylic acids is 1. The zero-order valence-corrected chi connectivity index (χ0v) is 13.6. The van der Waals surface area contributed by atoms with Crippen molar-refractivity contribution in [3.63, 3.8) is 0 Å². The molecule has 6 nitrogen and oxygen atoms in total. The Morgan fingerprint density at radius 1 is 1.26 bits per heavy atom. The number of anilines is 1. The number of nitrogens with one attached hydrogen (secondary N) is 1. The minimum atomic E-state index is -0.891. The van der Waals surface area contributed by atoms with Crippen molar-refractivity contribution in [2.45, 2.75) is 19.3 Å². The number of hydrogen-bond acceptors (Lipinski definition) is 3.